The number of carbonyl (C=O) groups excluding carboxylic acids is 2. The molecule has 102 valence electrons. The zero-order valence-corrected chi connectivity index (χ0v) is 11.6. The van der Waals surface area contributed by atoms with Crippen molar-refractivity contribution in [2.24, 2.45) is 0 Å². The average Bonchev–Trinajstić information content (AvgIpc) is 2.47. The summed E-state index contributed by atoms with van der Waals surface area (Å²) in [5, 5.41) is -0.0368. The fourth-order valence-electron chi connectivity index (χ4n) is 1.77. The highest BCUT2D eigenvalue weighted by Crippen LogP contribution is 2.21. The molecule has 0 aliphatic carbocycles. The van der Waals surface area contributed by atoms with Crippen LogP contribution in [0.5, 0.6) is 0 Å². The predicted octanol–water partition coefficient (Wildman–Crippen LogP) is 3.14. The van der Waals surface area contributed by atoms with Gasteiger partial charge < -0.3 is 4.74 Å². The van der Waals surface area contributed by atoms with E-state index in [1.165, 1.54) is 12.3 Å². The van der Waals surface area contributed by atoms with Gasteiger partial charge in [-0.1, -0.05) is 41.9 Å². The van der Waals surface area contributed by atoms with Gasteiger partial charge in [-0.15, -0.1) is 0 Å². The summed E-state index contributed by atoms with van der Waals surface area (Å²) in [4.78, 5) is 28.2. The fraction of sp³-hybridized carbons (Fsp3) is 0.133. The van der Waals surface area contributed by atoms with Crippen LogP contribution < -0.4 is 0 Å². The molecule has 0 amide bonds. The Labute approximate surface area is 121 Å². The average molecular weight is 290 g/mol. The van der Waals surface area contributed by atoms with E-state index in [2.05, 4.69) is 4.98 Å². The molecule has 2 aromatic rings. The Balaban J connectivity index is 2.49. The van der Waals surface area contributed by atoms with E-state index >= 15 is 0 Å². The van der Waals surface area contributed by atoms with Gasteiger partial charge in [0.1, 0.15) is 10.7 Å². The van der Waals surface area contributed by atoms with Crippen LogP contribution >= 0.6 is 11.6 Å². The Morgan fingerprint density at radius 1 is 1.20 bits per heavy atom. The Hall–Kier alpha value is -2.20. The van der Waals surface area contributed by atoms with Gasteiger partial charge in [0.15, 0.2) is 5.78 Å². The minimum absolute atomic E-state index is 0.00451. The van der Waals surface area contributed by atoms with E-state index in [0.29, 0.717) is 5.56 Å². The number of halogens is 1. The first kappa shape index (κ1) is 14.2. The number of rotatable bonds is 4. The van der Waals surface area contributed by atoms with E-state index < -0.39 is 5.97 Å². The minimum atomic E-state index is -0.648. The van der Waals surface area contributed by atoms with Crippen LogP contribution in [0.3, 0.4) is 0 Å². The largest absolute Gasteiger partial charge is 0.462 e. The highest BCUT2D eigenvalue weighted by Gasteiger charge is 2.22. The summed E-state index contributed by atoms with van der Waals surface area (Å²) >= 11 is 5.93. The first-order valence-electron chi connectivity index (χ1n) is 6.06. The molecule has 1 aromatic heterocycles. The summed E-state index contributed by atoms with van der Waals surface area (Å²) in [6.45, 7) is 1.88. The molecular formula is C15H12ClNO3. The smallest absolute Gasteiger partial charge is 0.342 e. The van der Waals surface area contributed by atoms with Crippen molar-refractivity contribution in [2.45, 2.75) is 6.92 Å². The number of nitrogens with zero attached hydrogens (tertiary/aromatic N) is 1. The third-order valence-electron chi connectivity index (χ3n) is 2.66. The third kappa shape index (κ3) is 2.86. The Morgan fingerprint density at radius 3 is 2.55 bits per heavy atom. The van der Waals surface area contributed by atoms with Gasteiger partial charge in [-0.3, -0.25) is 4.79 Å². The predicted molar refractivity (Wildman–Crippen MR) is 75.1 cm³/mol. The van der Waals surface area contributed by atoms with Crippen LogP contribution in [-0.2, 0) is 4.74 Å². The number of esters is 1. The molecule has 0 atom stereocenters. The summed E-state index contributed by atoms with van der Waals surface area (Å²) in [5.41, 5.74) is 0.667. The molecule has 20 heavy (non-hydrogen) atoms. The van der Waals surface area contributed by atoms with Gasteiger partial charge in [0.2, 0.25) is 0 Å². The summed E-state index contributed by atoms with van der Waals surface area (Å²) in [6, 6.07) is 10.1. The Bertz CT molecular complexity index is 641. The number of carbonyl (C=O) groups is 2. The van der Waals surface area contributed by atoms with Crippen molar-refractivity contribution in [1.82, 2.24) is 4.98 Å². The monoisotopic (exact) mass is 289 g/mol. The lowest BCUT2D eigenvalue weighted by molar-refractivity contribution is 0.0523. The molecule has 4 nitrogen and oxygen atoms in total. The number of ether oxygens (including phenoxy) is 1. The number of aromatic nitrogens is 1. The summed E-state index contributed by atoms with van der Waals surface area (Å²) in [5.74, 6) is -0.942. The second-order valence-electron chi connectivity index (χ2n) is 3.94. The van der Waals surface area contributed by atoms with Gasteiger partial charge in [-0.05, 0) is 13.0 Å². The van der Waals surface area contributed by atoms with Gasteiger partial charge in [0, 0.05) is 17.3 Å². The van der Waals surface area contributed by atoms with Crippen molar-refractivity contribution in [1.29, 1.82) is 0 Å². The maximum atomic E-state index is 12.4. The van der Waals surface area contributed by atoms with Crippen LogP contribution in [0.15, 0.2) is 42.6 Å². The van der Waals surface area contributed by atoms with Crippen LogP contribution in [0.2, 0.25) is 5.15 Å². The molecule has 0 aliphatic heterocycles. The minimum Gasteiger partial charge on any atom is -0.462 e. The van der Waals surface area contributed by atoms with Gasteiger partial charge in [-0.25, -0.2) is 9.78 Å². The molecular weight excluding hydrogens is 278 g/mol. The SMILES string of the molecule is CCOC(=O)c1c(C(=O)c2ccccc2)ccnc1Cl. The maximum Gasteiger partial charge on any atom is 0.342 e. The number of ketones is 1. The molecule has 0 fully saturated rings. The van der Waals surface area contributed by atoms with E-state index in [1.54, 1.807) is 31.2 Å². The molecule has 5 heteroatoms. The standard InChI is InChI=1S/C15H12ClNO3/c1-2-20-15(19)12-11(8-9-17-14(12)16)13(18)10-6-4-3-5-7-10/h3-9H,2H2,1H3. The fourth-order valence-corrected chi connectivity index (χ4v) is 2.00. The Morgan fingerprint density at radius 2 is 1.90 bits per heavy atom. The highest BCUT2D eigenvalue weighted by molar-refractivity contribution is 6.33. The Kier molecular flexibility index (Phi) is 4.48. The van der Waals surface area contributed by atoms with E-state index in [4.69, 9.17) is 16.3 Å². The second-order valence-corrected chi connectivity index (χ2v) is 4.30. The third-order valence-corrected chi connectivity index (χ3v) is 2.95. The van der Waals surface area contributed by atoms with Crippen molar-refractivity contribution in [3.63, 3.8) is 0 Å². The first-order chi connectivity index (χ1) is 9.65. The zero-order chi connectivity index (χ0) is 14.5. The van der Waals surface area contributed by atoms with E-state index in [1.807, 2.05) is 6.07 Å². The van der Waals surface area contributed by atoms with Crippen LogP contribution in [0, 0.1) is 0 Å². The number of hydrogen-bond donors (Lipinski definition) is 0. The molecule has 1 heterocycles. The number of hydrogen-bond acceptors (Lipinski definition) is 4. The highest BCUT2D eigenvalue weighted by atomic mass is 35.5. The van der Waals surface area contributed by atoms with Crippen molar-refractivity contribution in [3.05, 3.63) is 64.4 Å². The van der Waals surface area contributed by atoms with Gasteiger partial charge >= 0.3 is 5.97 Å². The molecule has 2 rings (SSSR count). The van der Waals surface area contributed by atoms with Gasteiger partial charge in [0.25, 0.3) is 0 Å². The molecule has 1 aromatic carbocycles. The summed E-state index contributed by atoms with van der Waals surface area (Å²) in [6.07, 6.45) is 1.39. The molecule has 0 saturated heterocycles. The van der Waals surface area contributed by atoms with E-state index in [9.17, 15) is 9.59 Å². The number of benzene rings is 1. The van der Waals surface area contributed by atoms with Crippen LogP contribution in [0.4, 0.5) is 0 Å². The molecule has 0 N–H and O–H groups in total. The van der Waals surface area contributed by atoms with Crippen LogP contribution in [0.25, 0.3) is 0 Å². The maximum absolute atomic E-state index is 12.4. The zero-order valence-electron chi connectivity index (χ0n) is 10.8. The molecule has 0 unspecified atom stereocenters. The summed E-state index contributed by atoms with van der Waals surface area (Å²) < 4.78 is 4.92. The van der Waals surface area contributed by atoms with E-state index in [-0.39, 0.29) is 28.7 Å². The van der Waals surface area contributed by atoms with Crippen molar-refractivity contribution in [2.75, 3.05) is 6.61 Å². The molecule has 0 bridgehead atoms. The lowest BCUT2D eigenvalue weighted by Crippen LogP contribution is -2.14. The van der Waals surface area contributed by atoms with Crippen molar-refractivity contribution >= 4 is 23.4 Å². The molecule has 0 radical (unpaired) electrons. The molecule has 0 aliphatic rings. The van der Waals surface area contributed by atoms with Crippen molar-refractivity contribution < 1.29 is 14.3 Å². The lowest BCUT2D eigenvalue weighted by atomic mass is 10.0. The van der Waals surface area contributed by atoms with Crippen molar-refractivity contribution in [3.8, 4) is 0 Å². The van der Waals surface area contributed by atoms with E-state index in [0.717, 1.165) is 0 Å². The first-order valence-corrected chi connectivity index (χ1v) is 6.44. The molecule has 0 spiro atoms. The summed E-state index contributed by atoms with van der Waals surface area (Å²) in [7, 11) is 0. The topological polar surface area (TPSA) is 56.3 Å². The normalized spacial score (nSPS) is 10.1. The van der Waals surface area contributed by atoms with Gasteiger partial charge in [-0.2, -0.15) is 0 Å². The number of pyridine rings is 1. The van der Waals surface area contributed by atoms with Crippen LogP contribution in [0.1, 0.15) is 33.2 Å². The van der Waals surface area contributed by atoms with Gasteiger partial charge in [0.05, 0.1) is 6.61 Å². The quantitative estimate of drug-likeness (QED) is 0.493. The second kappa shape index (κ2) is 6.30. The lowest BCUT2D eigenvalue weighted by Gasteiger charge is -2.09. The molecule has 0 saturated carbocycles. The van der Waals surface area contributed by atoms with Crippen LogP contribution in [-0.4, -0.2) is 23.3 Å².